The molecule has 0 aliphatic carbocycles. The highest BCUT2D eigenvalue weighted by molar-refractivity contribution is 6.05. The summed E-state index contributed by atoms with van der Waals surface area (Å²) < 4.78 is 0. The van der Waals surface area contributed by atoms with Crippen LogP contribution in [0.3, 0.4) is 0 Å². The zero-order chi connectivity index (χ0) is 14.7. The fourth-order valence-electron chi connectivity index (χ4n) is 1.96. The Morgan fingerprint density at radius 3 is 2.35 bits per heavy atom. The van der Waals surface area contributed by atoms with E-state index in [1.807, 2.05) is 27.7 Å². The summed E-state index contributed by atoms with van der Waals surface area (Å²) in [6, 6.07) is 1.79. The molecule has 0 bridgehead atoms. The second kappa shape index (κ2) is 5.86. The van der Waals surface area contributed by atoms with Crippen LogP contribution in [0, 0.1) is 0 Å². The van der Waals surface area contributed by atoms with Gasteiger partial charge in [-0.3, -0.25) is 4.79 Å². The Morgan fingerprint density at radius 1 is 1.15 bits per heavy atom. The van der Waals surface area contributed by atoms with E-state index in [-0.39, 0.29) is 17.7 Å². The van der Waals surface area contributed by atoms with Crippen LogP contribution in [0.4, 0.5) is 5.69 Å². The lowest BCUT2D eigenvalue weighted by Crippen LogP contribution is -2.14. The molecular formula is C15H20N4O. The van der Waals surface area contributed by atoms with Crippen molar-refractivity contribution in [2.24, 2.45) is 0 Å². The van der Waals surface area contributed by atoms with Crippen molar-refractivity contribution in [3.05, 3.63) is 41.7 Å². The average Bonchev–Trinajstić information content (AvgIpc) is 2.88. The van der Waals surface area contributed by atoms with Crippen molar-refractivity contribution in [3.8, 4) is 0 Å². The summed E-state index contributed by atoms with van der Waals surface area (Å²) in [4.78, 5) is 23.8. The number of nitrogens with zero attached hydrogens (tertiary/aromatic N) is 2. The van der Waals surface area contributed by atoms with Gasteiger partial charge in [0.15, 0.2) is 0 Å². The summed E-state index contributed by atoms with van der Waals surface area (Å²) in [5.74, 6) is 1.17. The van der Waals surface area contributed by atoms with Crippen molar-refractivity contribution in [2.75, 3.05) is 5.32 Å². The lowest BCUT2D eigenvalue weighted by atomic mass is 10.1. The van der Waals surface area contributed by atoms with E-state index >= 15 is 0 Å². The molecule has 0 saturated heterocycles. The van der Waals surface area contributed by atoms with Gasteiger partial charge in [-0.05, 0) is 12.0 Å². The van der Waals surface area contributed by atoms with E-state index in [2.05, 4.69) is 20.3 Å². The normalized spacial score (nSPS) is 11.1. The number of carbonyl (C=O) groups excluding carboxylic acids is 1. The summed E-state index contributed by atoms with van der Waals surface area (Å²) in [6.07, 6.45) is 5.06. The quantitative estimate of drug-likeness (QED) is 0.897. The van der Waals surface area contributed by atoms with Gasteiger partial charge < -0.3 is 10.3 Å². The highest BCUT2D eigenvalue weighted by atomic mass is 16.1. The summed E-state index contributed by atoms with van der Waals surface area (Å²) in [5, 5.41) is 2.82. The van der Waals surface area contributed by atoms with Gasteiger partial charge in [-0.25, -0.2) is 9.97 Å². The third kappa shape index (κ3) is 3.04. The van der Waals surface area contributed by atoms with E-state index < -0.39 is 0 Å². The Balaban J connectivity index is 2.13. The molecular weight excluding hydrogens is 252 g/mol. The molecule has 0 fully saturated rings. The number of hydrogen-bond acceptors (Lipinski definition) is 3. The average molecular weight is 272 g/mol. The van der Waals surface area contributed by atoms with Crippen LogP contribution in [0.15, 0.2) is 24.7 Å². The van der Waals surface area contributed by atoms with Gasteiger partial charge in [-0.1, -0.05) is 27.7 Å². The molecule has 0 saturated carbocycles. The van der Waals surface area contributed by atoms with Crippen molar-refractivity contribution in [3.63, 3.8) is 0 Å². The van der Waals surface area contributed by atoms with Gasteiger partial charge in [-0.2, -0.15) is 0 Å². The van der Waals surface area contributed by atoms with Crippen LogP contribution in [0.2, 0.25) is 0 Å². The monoisotopic (exact) mass is 272 g/mol. The predicted molar refractivity (Wildman–Crippen MR) is 79.0 cm³/mol. The topological polar surface area (TPSA) is 70.7 Å². The van der Waals surface area contributed by atoms with Gasteiger partial charge in [0.2, 0.25) is 0 Å². The maximum absolute atomic E-state index is 12.2. The molecule has 5 nitrogen and oxygen atoms in total. The van der Waals surface area contributed by atoms with Gasteiger partial charge in [0.1, 0.15) is 5.82 Å². The summed E-state index contributed by atoms with van der Waals surface area (Å²) in [5.41, 5.74) is 2.20. The van der Waals surface area contributed by atoms with E-state index in [4.69, 9.17) is 0 Å². The zero-order valence-electron chi connectivity index (χ0n) is 12.3. The Hall–Kier alpha value is -2.17. The number of carbonyl (C=O) groups is 1. The number of anilines is 1. The van der Waals surface area contributed by atoms with E-state index in [1.165, 1.54) is 0 Å². The Morgan fingerprint density at radius 2 is 1.80 bits per heavy atom. The molecule has 2 rings (SSSR count). The maximum Gasteiger partial charge on any atom is 0.257 e. The van der Waals surface area contributed by atoms with Crippen molar-refractivity contribution < 1.29 is 4.79 Å². The number of rotatable bonds is 4. The second-order valence-corrected chi connectivity index (χ2v) is 5.40. The number of hydrogen-bond donors (Lipinski definition) is 2. The van der Waals surface area contributed by atoms with Crippen molar-refractivity contribution >= 4 is 11.6 Å². The van der Waals surface area contributed by atoms with E-state index in [0.29, 0.717) is 11.3 Å². The molecule has 1 amide bonds. The van der Waals surface area contributed by atoms with E-state index in [1.54, 1.807) is 24.7 Å². The van der Waals surface area contributed by atoms with Crippen LogP contribution in [0.5, 0.6) is 0 Å². The summed E-state index contributed by atoms with van der Waals surface area (Å²) in [6.45, 7) is 8.15. The van der Waals surface area contributed by atoms with Gasteiger partial charge in [0.25, 0.3) is 5.91 Å². The Bertz CT molecular complexity index is 584. The van der Waals surface area contributed by atoms with Crippen molar-refractivity contribution in [2.45, 2.75) is 39.5 Å². The lowest BCUT2D eigenvalue weighted by molar-refractivity contribution is 0.102. The summed E-state index contributed by atoms with van der Waals surface area (Å²) >= 11 is 0. The van der Waals surface area contributed by atoms with Crippen LogP contribution in [-0.4, -0.2) is 20.9 Å². The smallest absolute Gasteiger partial charge is 0.257 e. The molecule has 0 aliphatic rings. The highest BCUT2D eigenvalue weighted by Crippen LogP contribution is 2.19. The third-order valence-corrected chi connectivity index (χ3v) is 3.05. The number of amides is 1. The zero-order valence-corrected chi connectivity index (χ0v) is 12.3. The first-order valence-corrected chi connectivity index (χ1v) is 6.79. The Labute approximate surface area is 118 Å². The molecule has 5 heteroatoms. The van der Waals surface area contributed by atoms with Crippen LogP contribution in [-0.2, 0) is 0 Å². The highest BCUT2D eigenvalue weighted by Gasteiger charge is 2.15. The Kier molecular flexibility index (Phi) is 4.17. The molecule has 0 spiro atoms. The SMILES string of the molecule is CC(C)c1ncc(NC(=O)c2cc[nH]c2C(C)C)cn1. The molecule has 2 aromatic heterocycles. The molecule has 2 N–H and O–H groups in total. The predicted octanol–water partition coefficient (Wildman–Crippen LogP) is 3.30. The second-order valence-electron chi connectivity index (χ2n) is 5.40. The molecule has 0 aromatic carbocycles. The molecule has 2 heterocycles. The van der Waals surface area contributed by atoms with Crippen molar-refractivity contribution in [1.82, 2.24) is 15.0 Å². The van der Waals surface area contributed by atoms with E-state index in [0.717, 1.165) is 11.5 Å². The molecule has 0 atom stereocenters. The largest absolute Gasteiger partial charge is 0.364 e. The molecule has 20 heavy (non-hydrogen) atoms. The fraction of sp³-hybridized carbons (Fsp3) is 0.400. The van der Waals surface area contributed by atoms with Gasteiger partial charge in [0.05, 0.1) is 23.6 Å². The molecule has 0 aliphatic heterocycles. The van der Waals surface area contributed by atoms with Gasteiger partial charge in [0, 0.05) is 17.8 Å². The first kappa shape index (κ1) is 14.2. The summed E-state index contributed by atoms with van der Waals surface area (Å²) in [7, 11) is 0. The number of nitrogens with one attached hydrogen (secondary N) is 2. The van der Waals surface area contributed by atoms with Gasteiger partial charge >= 0.3 is 0 Å². The third-order valence-electron chi connectivity index (χ3n) is 3.05. The van der Waals surface area contributed by atoms with Crippen LogP contribution in [0.1, 0.15) is 61.4 Å². The van der Waals surface area contributed by atoms with E-state index in [9.17, 15) is 4.79 Å². The first-order chi connectivity index (χ1) is 9.49. The molecule has 0 unspecified atom stereocenters. The number of H-pyrrole nitrogens is 1. The van der Waals surface area contributed by atoms with Crippen molar-refractivity contribution in [1.29, 1.82) is 0 Å². The first-order valence-electron chi connectivity index (χ1n) is 6.79. The van der Waals surface area contributed by atoms with Gasteiger partial charge in [-0.15, -0.1) is 0 Å². The molecule has 0 radical (unpaired) electrons. The molecule has 106 valence electrons. The minimum atomic E-state index is -0.143. The fourth-order valence-corrected chi connectivity index (χ4v) is 1.96. The lowest BCUT2D eigenvalue weighted by Gasteiger charge is -2.09. The minimum absolute atomic E-state index is 0.143. The molecule has 2 aromatic rings. The standard InChI is InChI=1S/C15H20N4O/c1-9(2)13-12(5-6-16-13)15(20)19-11-7-17-14(10(3)4)18-8-11/h5-10,16H,1-4H3,(H,19,20). The number of aromatic nitrogens is 3. The number of aromatic amines is 1. The van der Waals surface area contributed by atoms with Crippen LogP contribution < -0.4 is 5.32 Å². The minimum Gasteiger partial charge on any atom is -0.364 e. The van der Waals surface area contributed by atoms with Crippen LogP contribution >= 0.6 is 0 Å². The van der Waals surface area contributed by atoms with Crippen LogP contribution in [0.25, 0.3) is 0 Å². The maximum atomic E-state index is 12.2.